The summed E-state index contributed by atoms with van der Waals surface area (Å²) in [5.74, 6) is 0.269. The van der Waals surface area contributed by atoms with Crippen LogP contribution in [0.3, 0.4) is 0 Å². The first-order chi connectivity index (χ1) is 7.15. The Labute approximate surface area is 91.0 Å². The second-order valence-corrected chi connectivity index (χ2v) is 4.59. The van der Waals surface area contributed by atoms with E-state index < -0.39 is 0 Å². The van der Waals surface area contributed by atoms with Crippen LogP contribution in [0, 0.1) is 5.92 Å². The number of hydrogen-bond acceptors (Lipinski definition) is 2. The van der Waals surface area contributed by atoms with E-state index in [1.165, 1.54) is 13.3 Å². The van der Waals surface area contributed by atoms with Gasteiger partial charge in [0.05, 0.1) is 0 Å². The van der Waals surface area contributed by atoms with Crippen LogP contribution in [0.4, 0.5) is 0 Å². The Morgan fingerprint density at radius 1 is 1.60 bits per heavy atom. The van der Waals surface area contributed by atoms with Crippen molar-refractivity contribution < 1.29 is 9.53 Å². The molecular weight excluding hydrogens is 188 g/mol. The minimum Gasteiger partial charge on any atom is -0.454 e. The molecule has 0 amide bonds. The van der Waals surface area contributed by atoms with Crippen LogP contribution in [0.15, 0.2) is 24.3 Å². The molecule has 0 heterocycles. The maximum Gasteiger partial charge on any atom is 0.303 e. The van der Waals surface area contributed by atoms with Gasteiger partial charge in [-0.3, -0.25) is 4.79 Å². The van der Waals surface area contributed by atoms with Gasteiger partial charge >= 0.3 is 5.97 Å². The van der Waals surface area contributed by atoms with Crippen LogP contribution in [0.2, 0.25) is 0 Å². The molecule has 0 aliphatic heterocycles. The van der Waals surface area contributed by atoms with Crippen LogP contribution >= 0.6 is 0 Å². The number of esters is 1. The molecule has 2 aliphatic carbocycles. The van der Waals surface area contributed by atoms with Gasteiger partial charge in [-0.1, -0.05) is 25.2 Å². The molecule has 0 saturated heterocycles. The largest absolute Gasteiger partial charge is 0.454 e. The molecule has 2 nitrogen and oxygen atoms in total. The predicted molar refractivity (Wildman–Crippen MR) is 59.4 cm³/mol. The number of fused-ring (bicyclic) bond motifs is 1. The standard InChI is InChI=1S/C13H18O2/c1-10-6-5-8-12-7-3-4-9-13(10,12)15-11(2)14/h5-6,12H,1,3-4,7-9H2,2H3/t12-,13+/m1/s1. The fourth-order valence-electron chi connectivity index (χ4n) is 2.92. The molecule has 2 aliphatic rings. The second kappa shape index (κ2) is 3.84. The van der Waals surface area contributed by atoms with E-state index in [0.29, 0.717) is 5.92 Å². The fraction of sp³-hybridized carbons (Fsp3) is 0.615. The summed E-state index contributed by atoms with van der Waals surface area (Å²) in [5, 5.41) is 0. The Hall–Kier alpha value is -1.05. The van der Waals surface area contributed by atoms with Crippen molar-refractivity contribution in [2.45, 2.75) is 44.6 Å². The smallest absolute Gasteiger partial charge is 0.303 e. The molecule has 0 aromatic heterocycles. The summed E-state index contributed by atoms with van der Waals surface area (Å²) in [7, 11) is 0. The second-order valence-electron chi connectivity index (χ2n) is 4.59. The van der Waals surface area contributed by atoms with Gasteiger partial charge in [-0.25, -0.2) is 0 Å². The minimum atomic E-state index is -0.376. The highest BCUT2D eigenvalue weighted by Crippen LogP contribution is 2.46. The molecule has 0 unspecified atom stereocenters. The summed E-state index contributed by atoms with van der Waals surface area (Å²) >= 11 is 0. The average Bonchev–Trinajstić information content (AvgIpc) is 2.19. The normalized spacial score (nSPS) is 34.7. The monoisotopic (exact) mass is 206 g/mol. The molecule has 0 aromatic rings. The van der Waals surface area contributed by atoms with Crippen LogP contribution in [0.25, 0.3) is 0 Å². The van der Waals surface area contributed by atoms with Gasteiger partial charge in [0.1, 0.15) is 5.60 Å². The number of ether oxygens (including phenoxy) is 1. The van der Waals surface area contributed by atoms with Gasteiger partial charge in [-0.05, 0) is 31.3 Å². The Kier molecular flexibility index (Phi) is 2.68. The van der Waals surface area contributed by atoms with E-state index in [1.54, 1.807) is 0 Å². The predicted octanol–water partition coefficient (Wildman–Crippen LogP) is 2.99. The van der Waals surface area contributed by atoms with Crippen molar-refractivity contribution in [3.05, 3.63) is 24.3 Å². The summed E-state index contributed by atoms with van der Waals surface area (Å²) < 4.78 is 5.61. The van der Waals surface area contributed by atoms with E-state index in [2.05, 4.69) is 12.7 Å². The summed E-state index contributed by atoms with van der Waals surface area (Å²) in [6.45, 7) is 5.55. The lowest BCUT2D eigenvalue weighted by atomic mass is 9.67. The zero-order chi connectivity index (χ0) is 10.9. The van der Waals surface area contributed by atoms with Gasteiger partial charge in [0.15, 0.2) is 0 Å². The fourth-order valence-corrected chi connectivity index (χ4v) is 2.92. The van der Waals surface area contributed by atoms with Gasteiger partial charge in [-0.2, -0.15) is 0 Å². The van der Waals surface area contributed by atoms with Crippen molar-refractivity contribution in [2.24, 2.45) is 5.92 Å². The van der Waals surface area contributed by atoms with Gasteiger partial charge in [-0.15, -0.1) is 0 Å². The lowest BCUT2D eigenvalue weighted by Crippen LogP contribution is -2.46. The number of rotatable bonds is 1. The molecule has 15 heavy (non-hydrogen) atoms. The van der Waals surface area contributed by atoms with Crippen molar-refractivity contribution in [2.75, 3.05) is 0 Å². The number of carbonyl (C=O) groups excluding carboxylic acids is 1. The molecule has 2 atom stereocenters. The highest BCUT2D eigenvalue weighted by molar-refractivity contribution is 5.67. The van der Waals surface area contributed by atoms with Crippen LogP contribution in [0.1, 0.15) is 39.0 Å². The quantitative estimate of drug-likeness (QED) is 0.616. The third-order valence-electron chi connectivity index (χ3n) is 3.62. The van der Waals surface area contributed by atoms with Crippen LogP contribution in [-0.4, -0.2) is 11.6 Å². The molecule has 0 N–H and O–H groups in total. The van der Waals surface area contributed by atoms with E-state index in [-0.39, 0.29) is 11.6 Å². The van der Waals surface area contributed by atoms with Crippen molar-refractivity contribution in [3.8, 4) is 0 Å². The summed E-state index contributed by atoms with van der Waals surface area (Å²) in [6.07, 6.45) is 9.67. The van der Waals surface area contributed by atoms with E-state index in [1.807, 2.05) is 6.08 Å². The highest BCUT2D eigenvalue weighted by atomic mass is 16.6. The first kappa shape index (κ1) is 10.5. The number of carbonyl (C=O) groups is 1. The molecule has 0 aromatic carbocycles. The first-order valence-electron chi connectivity index (χ1n) is 5.70. The van der Waals surface area contributed by atoms with Crippen LogP contribution < -0.4 is 0 Å². The Balaban J connectivity index is 2.30. The van der Waals surface area contributed by atoms with E-state index in [0.717, 1.165) is 31.3 Å². The maximum atomic E-state index is 11.2. The summed E-state index contributed by atoms with van der Waals surface area (Å²) in [5.41, 5.74) is 0.604. The van der Waals surface area contributed by atoms with Gasteiger partial charge in [0.2, 0.25) is 0 Å². The molecule has 0 bridgehead atoms. The summed E-state index contributed by atoms with van der Waals surface area (Å²) in [4.78, 5) is 11.2. The van der Waals surface area contributed by atoms with Crippen LogP contribution in [0.5, 0.6) is 0 Å². The molecule has 0 spiro atoms. The lowest BCUT2D eigenvalue weighted by molar-refractivity contribution is -0.161. The molecular formula is C13H18O2. The van der Waals surface area contributed by atoms with Gasteiger partial charge in [0, 0.05) is 12.8 Å². The maximum absolute atomic E-state index is 11.2. The molecule has 1 fully saturated rings. The van der Waals surface area contributed by atoms with Crippen molar-refractivity contribution >= 4 is 5.97 Å². The van der Waals surface area contributed by atoms with Gasteiger partial charge < -0.3 is 4.74 Å². The van der Waals surface area contributed by atoms with E-state index in [9.17, 15) is 4.79 Å². The lowest BCUT2D eigenvalue weighted by Gasteiger charge is -2.45. The Bertz CT molecular complexity index is 316. The van der Waals surface area contributed by atoms with Crippen LogP contribution in [-0.2, 0) is 9.53 Å². The molecule has 1 saturated carbocycles. The summed E-state index contributed by atoms with van der Waals surface area (Å²) in [6, 6.07) is 0. The first-order valence-corrected chi connectivity index (χ1v) is 5.70. The molecule has 2 heteroatoms. The van der Waals surface area contributed by atoms with E-state index in [4.69, 9.17) is 4.74 Å². The zero-order valence-corrected chi connectivity index (χ0v) is 9.29. The number of hydrogen-bond donors (Lipinski definition) is 0. The van der Waals surface area contributed by atoms with Crippen molar-refractivity contribution in [3.63, 3.8) is 0 Å². The minimum absolute atomic E-state index is 0.182. The van der Waals surface area contributed by atoms with E-state index >= 15 is 0 Å². The average molecular weight is 206 g/mol. The third-order valence-corrected chi connectivity index (χ3v) is 3.62. The SMILES string of the molecule is C=C1C=CC[C@H]2CCCC[C@]12OC(C)=O. The van der Waals surface area contributed by atoms with Gasteiger partial charge in [0.25, 0.3) is 0 Å². The highest BCUT2D eigenvalue weighted by Gasteiger charge is 2.46. The molecule has 0 radical (unpaired) electrons. The molecule has 82 valence electrons. The van der Waals surface area contributed by atoms with Crippen molar-refractivity contribution in [1.82, 2.24) is 0 Å². The Morgan fingerprint density at radius 3 is 3.13 bits per heavy atom. The zero-order valence-electron chi connectivity index (χ0n) is 9.29. The Morgan fingerprint density at radius 2 is 2.40 bits per heavy atom. The molecule has 2 rings (SSSR count). The number of allylic oxidation sites excluding steroid dienone is 1. The van der Waals surface area contributed by atoms with Crippen molar-refractivity contribution in [1.29, 1.82) is 0 Å². The topological polar surface area (TPSA) is 26.3 Å². The third kappa shape index (κ3) is 1.73.